The fraction of sp³-hybridized carbons (Fsp3) is 0.538. The van der Waals surface area contributed by atoms with Crippen LogP contribution in [-0.4, -0.2) is 26.3 Å². The van der Waals surface area contributed by atoms with E-state index in [2.05, 4.69) is 26.0 Å². The minimum Gasteiger partial charge on any atom is -0.313 e. The van der Waals surface area contributed by atoms with Gasteiger partial charge in [0.25, 0.3) is 0 Å². The number of halogens is 1. The van der Waals surface area contributed by atoms with Crippen molar-refractivity contribution in [2.45, 2.75) is 39.0 Å². The SMILES string of the molecule is Cc1cc(NS(=O)(=O)C(C)CNC(C)C)ccc1Br. The van der Waals surface area contributed by atoms with E-state index >= 15 is 0 Å². The Morgan fingerprint density at radius 3 is 2.42 bits per heavy atom. The molecule has 1 rings (SSSR count). The van der Waals surface area contributed by atoms with Crippen LogP contribution in [-0.2, 0) is 10.0 Å². The molecule has 0 fully saturated rings. The van der Waals surface area contributed by atoms with Crippen LogP contribution in [0.4, 0.5) is 5.69 Å². The van der Waals surface area contributed by atoms with Crippen molar-refractivity contribution < 1.29 is 8.42 Å². The van der Waals surface area contributed by atoms with Crippen LogP contribution in [0.2, 0.25) is 0 Å². The highest BCUT2D eigenvalue weighted by Gasteiger charge is 2.20. The van der Waals surface area contributed by atoms with E-state index in [1.165, 1.54) is 0 Å². The summed E-state index contributed by atoms with van der Waals surface area (Å²) >= 11 is 3.39. The fourth-order valence-electron chi connectivity index (χ4n) is 1.48. The van der Waals surface area contributed by atoms with Gasteiger partial charge < -0.3 is 5.32 Å². The third kappa shape index (κ3) is 5.12. The molecule has 108 valence electrons. The minimum absolute atomic E-state index is 0.271. The fourth-order valence-corrected chi connectivity index (χ4v) is 2.70. The number of sulfonamides is 1. The Morgan fingerprint density at radius 2 is 1.89 bits per heavy atom. The van der Waals surface area contributed by atoms with E-state index in [4.69, 9.17) is 0 Å². The maximum absolute atomic E-state index is 12.1. The van der Waals surface area contributed by atoms with E-state index in [1.807, 2.05) is 32.9 Å². The first-order chi connectivity index (χ1) is 8.72. The lowest BCUT2D eigenvalue weighted by atomic mass is 10.2. The second-order valence-corrected chi connectivity index (χ2v) is 7.94. The van der Waals surface area contributed by atoms with Crippen LogP contribution in [0.1, 0.15) is 26.3 Å². The number of aryl methyl sites for hydroxylation is 1. The maximum Gasteiger partial charge on any atom is 0.236 e. The van der Waals surface area contributed by atoms with Crippen molar-refractivity contribution in [3.8, 4) is 0 Å². The lowest BCUT2D eigenvalue weighted by Crippen LogP contribution is -2.37. The predicted molar refractivity (Wildman–Crippen MR) is 84.0 cm³/mol. The summed E-state index contributed by atoms with van der Waals surface area (Å²) in [6.45, 7) is 8.03. The van der Waals surface area contributed by atoms with Crippen molar-refractivity contribution in [3.63, 3.8) is 0 Å². The van der Waals surface area contributed by atoms with E-state index in [0.717, 1.165) is 10.0 Å². The van der Waals surface area contributed by atoms with Gasteiger partial charge in [-0.2, -0.15) is 0 Å². The van der Waals surface area contributed by atoms with E-state index in [-0.39, 0.29) is 6.04 Å². The van der Waals surface area contributed by atoms with Crippen LogP contribution < -0.4 is 10.0 Å². The molecule has 6 heteroatoms. The molecule has 0 spiro atoms. The molecular formula is C13H21BrN2O2S. The molecule has 19 heavy (non-hydrogen) atoms. The summed E-state index contributed by atoms with van der Waals surface area (Å²) in [5.74, 6) is 0. The zero-order valence-corrected chi connectivity index (χ0v) is 14.1. The van der Waals surface area contributed by atoms with Crippen LogP contribution in [0, 0.1) is 6.92 Å². The molecule has 0 heterocycles. The molecule has 1 atom stereocenters. The molecule has 0 aliphatic carbocycles. The van der Waals surface area contributed by atoms with Crippen molar-refractivity contribution in [2.75, 3.05) is 11.3 Å². The number of hydrogen-bond acceptors (Lipinski definition) is 3. The molecule has 0 bridgehead atoms. The number of benzene rings is 1. The quantitative estimate of drug-likeness (QED) is 0.830. The predicted octanol–water partition coefficient (Wildman–Crippen LogP) is 2.89. The first kappa shape index (κ1) is 16.5. The van der Waals surface area contributed by atoms with Gasteiger partial charge in [-0.25, -0.2) is 8.42 Å². The first-order valence-electron chi connectivity index (χ1n) is 6.23. The Labute approximate surface area is 124 Å². The smallest absolute Gasteiger partial charge is 0.236 e. The van der Waals surface area contributed by atoms with E-state index in [0.29, 0.717) is 12.2 Å². The summed E-state index contributed by atoms with van der Waals surface area (Å²) in [5.41, 5.74) is 1.59. The average molecular weight is 349 g/mol. The topological polar surface area (TPSA) is 58.2 Å². The van der Waals surface area contributed by atoms with Crippen molar-refractivity contribution in [3.05, 3.63) is 28.2 Å². The van der Waals surface area contributed by atoms with Crippen LogP contribution >= 0.6 is 15.9 Å². The largest absolute Gasteiger partial charge is 0.313 e. The summed E-state index contributed by atoms with van der Waals surface area (Å²) in [6.07, 6.45) is 0. The summed E-state index contributed by atoms with van der Waals surface area (Å²) in [5, 5.41) is 2.64. The van der Waals surface area contributed by atoms with Gasteiger partial charge in [-0.1, -0.05) is 29.8 Å². The molecule has 0 amide bonds. The van der Waals surface area contributed by atoms with Gasteiger partial charge >= 0.3 is 0 Å². The molecule has 2 N–H and O–H groups in total. The lowest BCUT2D eigenvalue weighted by molar-refractivity contribution is 0.553. The van der Waals surface area contributed by atoms with Crippen molar-refractivity contribution in [1.82, 2.24) is 5.32 Å². The molecule has 1 unspecified atom stereocenters. The third-order valence-corrected chi connectivity index (χ3v) is 5.40. The zero-order valence-electron chi connectivity index (χ0n) is 11.7. The summed E-state index contributed by atoms with van der Waals surface area (Å²) in [4.78, 5) is 0. The molecule has 0 aromatic heterocycles. The van der Waals surface area contributed by atoms with E-state index < -0.39 is 15.3 Å². The van der Waals surface area contributed by atoms with Gasteiger partial charge in [-0.15, -0.1) is 0 Å². The average Bonchev–Trinajstić information content (AvgIpc) is 2.30. The Hall–Kier alpha value is -0.590. The molecule has 1 aromatic rings. The highest BCUT2D eigenvalue weighted by Crippen LogP contribution is 2.21. The molecule has 4 nitrogen and oxygen atoms in total. The monoisotopic (exact) mass is 348 g/mol. The number of nitrogens with one attached hydrogen (secondary N) is 2. The molecule has 0 aliphatic rings. The summed E-state index contributed by atoms with van der Waals surface area (Å²) < 4.78 is 27.9. The van der Waals surface area contributed by atoms with Crippen molar-refractivity contribution in [2.24, 2.45) is 0 Å². The highest BCUT2D eigenvalue weighted by atomic mass is 79.9. The Kier molecular flexibility index (Phi) is 5.82. The zero-order chi connectivity index (χ0) is 14.6. The van der Waals surface area contributed by atoms with Gasteiger partial charge in [0.1, 0.15) is 0 Å². The van der Waals surface area contributed by atoms with Gasteiger partial charge in [0.05, 0.1) is 5.25 Å². The van der Waals surface area contributed by atoms with Crippen LogP contribution in [0.25, 0.3) is 0 Å². The van der Waals surface area contributed by atoms with Gasteiger partial charge in [-0.05, 0) is 37.6 Å². The molecule has 0 saturated carbocycles. The molecule has 1 aromatic carbocycles. The van der Waals surface area contributed by atoms with E-state index in [1.54, 1.807) is 13.0 Å². The molecule has 0 saturated heterocycles. The normalized spacial score (nSPS) is 13.6. The lowest BCUT2D eigenvalue weighted by Gasteiger charge is -2.17. The van der Waals surface area contributed by atoms with Gasteiger partial charge in [0.2, 0.25) is 10.0 Å². The minimum atomic E-state index is -3.37. The Bertz CT molecular complexity index is 529. The molecular weight excluding hydrogens is 328 g/mol. The second kappa shape index (κ2) is 6.72. The number of anilines is 1. The summed E-state index contributed by atoms with van der Waals surface area (Å²) in [6, 6.07) is 5.67. The van der Waals surface area contributed by atoms with Gasteiger partial charge in [0.15, 0.2) is 0 Å². The van der Waals surface area contributed by atoms with Crippen LogP contribution in [0.5, 0.6) is 0 Å². The standard InChI is InChI=1S/C13H21BrN2O2S/c1-9(2)15-8-11(4)19(17,18)16-12-5-6-13(14)10(3)7-12/h5-7,9,11,15-16H,8H2,1-4H3. The van der Waals surface area contributed by atoms with Crippen LogP contribution in [0.3, 0.4) is 0 Å². The molecule has 0 radical (unpaired) electrons. The maximum atomic E-state index is 12.1. The number of rotatable bonds is 6. The van der Waals surface area contributed by atoms with Gasteiger partial charge in [0, 0.05) is 22.7 Å². The Balaban J connectivity index is 2.75. The Morgan fingerprint density at radius 1 is 1.26 bits per heavy atom. The molecule has 0 aliphatic heterocycles. The first-order valence-corrected chi connectivity index (χ1v) is 8.57. The summed E-state index contributed by atoms with van der Waals surface area (Å²) in [7, 11) is -3.37. The van der Waals surface area contributed by atoms with Crippen molar-refractivity contribution in [1.29, 1.82) is 0 Å². The number of hydrogen-bond donors (Lipinski definition) is 2. The van der Waals surface area contributed by atoms with Crippen LogP contribution in [0.15, 0.2) is 22.7 Å². The van der Waals surface area contributed by atoms with E-state index in [9.17, 15) is 8.42 Å². The van der Waals surface area contributed by atoms with Gasteiger partial charge in [-0.3, -0.25) is 4.72 Å². The second-order valence-electron chi connectivity index (χ2n) is 4.98. The highest BCUT2D eigenvalue weighted by molar-refractivity contribution is 9.10. The third-order valence-electron chi connectivity index (χ3n) is 2.76. The van der Waals surface area contributed by atoms with Crippen molar-refractivity contribution >= 4 is 31.6 Å².